The number of nitrogens with zero attached hydrogens (tertiary/aromatic N) is 1. The van der Waals surface area contributed by atoms with E-state index in [1.807, 2.05) is 0 Å². The highest BCUT2D eigenvalue weighted by atomic mass is 28.3. The minimum absolute atomic E-state index is 0.0978. The Morgan fingerprint density at radius 3 is 2.05 bits per heavy atom. The monoisotopic (exact) mass is 293 g/mol. The van der Waals surface area contributed by atoms with Crippen LogP contribution in [0, 0.1) is 0 Å². The van der Waals surface area contributed by atoms with Crippen molar-refractivity contribution in [2.45, 2.75) is 38.5 Å². The molecule has 6 heteroatoms. The van der Waals surface area contributed by atoms with E-state index in [9.17, 15) is 0 Å². The molecule has 0 saturated carbocycles. The molecule has 0 unspecified atom stereocenters. The van der Waals surface area contributed by atoms with Crippen molar-refractivity contribution < 1.29 is 18.3 Å². The van der Waals surface area contributed by atoms with Gasteiger partial charge in [-0.05, 0) is 32.0 Å². The van der Waals surface area contributed by atoms with E-state index in [4.69, 9.17) is 18.3 Å². The number of methoxy groups -OCH3 is 2. The van der Waals surface area contributed by atoms with Crippen molar-refractivity contribution >= 4 is 9.28 Å². The van der Waals surface area contributed by atoms with Crippen LogP contribution in [0.5, 0.6) is 0 Å². The molecule has 0 aromatic carbocycles. The Hall–Kier alpha value is 0.0169. The second kappa shape index (κ2) is 13.0. The maximum absolute atomic E-state index is 5.33. The zero-order valence-corrected chi connectivity index (χ0v) is 14.3. The van der Waals surface area contributed by atoms with Crippen LogP contribution in [0.1, 0.15) is 26.2 Å². The fourth-order valence-electron chi connectivity index (χ4n) is 2.09. The van der Waals surface area contributed by atoms with Gasteiger partial charge in [-0.2, -0.15) is 0 Å². The van der Waals surface area contributed by atoms with Gasteiger partial charge in [0.15, 0.2) is 6.29 Å². The van der Waals surface area contributed by atoms with Crippen LogP contribution in [-0.4, -0.2) is 68.5 Å². The molecule has 0 aliphatic carbocycles. The lowest BCUT2D eigenvalue weighted by Crippen LogP contribution is -2.31. The summed E-state index contributed by atoms with van der Waals surface area (Å²) in [5.74, 6) is 0. The van der Waals surface area contributed by atoms with E-state index in [1.54, 1.807) is 28.4 Å². The lowest BCUT2D eigenvalue weighted by atomic mass is 10.3. The highest BCUT2D eigenvalue weighted by molar-refractivity contribution is 6.44. The van der Waals surface area contributed by atoms with Crippen molar-refractivity contribution in [1.82, 2.24) is 4.90 Å². The number of ether oxygens (including phenoxy) is 2. The standard InChI is InChI=1S/C13H31NO4Si/c1-6-9-14(11-8-13(15-2)16-3)10-7-12-19(17-4)18-5/h13,19H,6-12H2,1-5H3. The van der Waals surface area contributed by atoms with Crippen LogP contribution in [0.4, 0.5) is 0 Å². The Morgan fingerprint density at radius 1 is 0.947 bits per heavy atom. The lowest BCUT2D eigenvalue weighted by molar-refractivity contribution is -0.109. The third-order valence-corrected chi connectivity index (χ3v) is 5.12. The van der Waals surface area contributed by atoms with Gasteiger partial charge in [0.25, 0.3) is 0 Å². The molecule has 0 saturated heterocycles. The normalized spacial score (nSPS) is 12.0. The SMILES string of the molecule is CCCN(CCC[SiH](OC)OC)CCC(OC)OC. The molecule has 0 fully saturated rings. The van der Waals surface area contributed by atoms with Gasteiger partial charge in [0, 0.05) is 41.4 Å². The maximum Gasteiger partial charge on any atom is 0.320 e. The Labute approximate surface area is 120 Å². The molecule has 0 amide bonds. The summed E-state index contributed by atoms with van der Waals surface area (Å²) >= 11 is 0. The van der Waals surface area contributed by atoms with E-state index in [0.29, 0.717) is 0 Å². The average Bonchev–Trinajstić information content (AvgIpc) is 2.44. The highest BCUT2D eigenvalue weighted by Crippen LogP contribution is 2.06. The Balaban J connectivity index is 3.90. The predicted molar refractivity (Wildman–Crippen MR) is 79.7 cm³/mol. The largest absolute Gasteiger partial charge is 0.400 e. The van der Waals surface area contributed by atoms with Crippen molar-refractivity contribution in [3.63, 3.8) is 0 Å². The third kappa shape index (κ3) is 9.54. The molecule has 0 aromatic rings. The molecule has 0 aliphatic heterocycles. The summed E-state index contributed by atoms with van der Waals surface area (Å²) < 4.78 is 21.1. The van der Waals surface area contributed by atoms with Crippen LogP contribution in [-0.2, 0) is 18.3 Å². The van der Waals surface area contributed by atoms with Crippen LogP contribution in [0.15, 0.2) is 0 Å². The molecule has 0 radical (unpaired) electrons. The topological polar surface area (TPSA) is 40.2 Å². The van der Waals surface area contributed by atoms with E-state index < -0.39 is 9.28 Å². The molecule has 0 spiro atoms. The molecule has 0 bridgehead atoms. The van der Waals surface area contributed by atoms with Gasteiger partial charge in [-0.1, -0.05) is 6.92 Å². The number of hydrogen-bond acceptors (Lipinski definition) is 5. The average molecular weight is 293 g/mol. The summed E-state index contributed by atoms with van der Waals surface area (Å²) in [5, 5.41) is 0. The first kappa shape index (κ1) is 19.0. The number of hydrogen-bond donors (Lipinski definition) is 0. The second-order valence-electron chi connectivity index (χ2n) is 4.57. The van der Waals surface area contributed by atoms with Crippen LogP contribution in [0.25, 0.3) is 0 Å². The van der Waals surface area contributed by atoms with Crippen molar-refractivity contribution in [2.75, 3.05) is 48.1 Å². The van der Waals surface area contributed by atoms with Crippen LogP contribution in [0.3, 0.4) is 0 Å². The molecule has 116 valence electrons. The zero-order chi connectivity index (χ0) is 14.5. The fraction of sp³-hybridized carbons (Fsp3) is 1.00. The predicted octanol–water partition coefficient (Wildman–Crippen LogP) is 1.61. The van der Waals surface area contributed by atoms with Gasteiger partial charge in [-0.15, -0.1) is 0 Å². The number of rotatable bonds is 13. The molecule has 19 heavy (non-hydrogen) atoms. The molecule has 5 nitrogen and oxygen atoms in total. The van der Waals surface area contributed by atoms with Crippen molar-refractivity contribution in [3.05, 3.63) is 0 Å². The summed E-state index contributed by atoms with van der Waals surface area (Å²) in [6.45, 7) is 5.42. The van der Waals surface area contributed by atoms with E-state index in [1.165, 1.54) is 6.42 Å². The van der Waals surface area contributed by atoms with E-state index >= 15 is 0 Å². The van der Waals surface area contributed by atoms with E-state index in [0.717, 1.165) is 38.5 Å². The maximum atomic E-state index is 5.33. The van der Waals surface area contributed by atoms with Crippen LogP contribution >= 0.6 is 0 Å². The summed E-state index contributed by atoms with van der Waals surface area (Å²) in [4.78, 5) is 2.46. The minimum Gasteiger partial charge on any atom is -0.400 e. The smallest absolute Gasteiger partial charge is 0.320 e. The van der Waals surface area contributed by atoms with Gasteiger partial charge in [-0.25, -0.2) is 0 Å². The molecule has 0 N–H and O–H groups in total. The molecular weight excluding hydrogens is 262 g/mol. The van der Waals surface area contributed by atoms with Crippen LogP contribution in [0.2, 0.25) is 6.04 Å². The van der Waals surface area contributed by atoms with Gasteiger partial charge in [0.2, 0.25) is 0 Å². The van der Waals surface area contributed by atoms with Gasteiger partial charge in [-0.3, -0.25) is 0 Å². The van der Waals surface area contributed by atoms with Gasteiger partial charge < -0.3 is 23.2 Å². The van der Waals surface area contributed by atoms with Gasteiger partial charge >= 0.3 is 9.28 Å². The van der Waals surface area contributed by atoms with Crippen molar-refractivity contribution in [1.29, 1.82) is 0 Å². The van der Waals surface area contributed by atoms with Crippen LogP contribution < -0.4 is 0 Å². The first-order chi connectivity index (χ1) is 9.21. The summed E-state index contributed by atoms with van der Waals surface area (Å²) in [5.41, 5.74) is 0. The Morgan fingerprint density at radius 2 is 1.58 bits per heavy atom. The van der Waals surface area contributed by atoms with Crippen molar-refractivity contribution in [3.8, 4) is 0 Å². The third-order valence-electron chi connectivity index (χ3n) is 3.19. The first-order valence-electron chi connectivity index (χ1n) is 7.05. The summed E-state index contributed by atoms with van der Waals surface area (Å²) in [6, 6.07) is 1.06. The molecule has 0 aromatic heterocycles. The highest BCUT2D eigenvalue weighted by Gasteiger charge is 2.12. The molecule has 0 rings (SSSR count). The Kier molecular flexibility index (Phi) is 13.0. The molecule has 0 heterocycles. The molecule has 0 aliphatic rings. The first-order valence-corrected chi connectivity index (χ1v) is 8.81. The summed E-state index contributed by atoms with van der Waals surface area (Å²) in [7, 11) is 5.46. The minimum atomic E-state index is -1.40. The Bertz CT molecular complexity index is 189. The molecular formula is C13H31NO4Si. The lowest BCUT2D eigenvalue weighted by Gasteiger charge is -2.24. The second-order valence-corrected chi connectivity index (χ2v) is 6.95. The fourth-order valence-corrected chi connectivity index (χ4v) is 3.26. The quantitative estimate of drug-likeness (QED) is 0.381. The zero-order valence-electron chi connectivity index (χ0n) is 13.2. The molecule has 0 atom stereocenters. The van der Waals surface area contributed by atoms with Gasteiger partial charge in [0.05, 0.1) is 0 Å². The van der Waals surface area contributed by atoms with E-state index in [2.05, 4.69) is 11.8 Å². The van der Waals surface area contributed by atoms with Gasteiger partial charge in [0.1, 0.15) is 0 Å². The summed E-state index contributed by atoms with van der Waals surface area (Å²) in [6.07, 6.45) is 3.10. The van der Waals surface area contributed by atoms with Crippen molar-refractivity contribution in [2.24, 2.45) is 0 Å². The van der Waals surface area contributed by atoms with E-state index in [-0.39, 0.29) is 6.29 Å².